The van der Waals surface area contributed by atoms with Gasteiger partial charge in [0.05, 0.1) is 24.3 Å². The van der Waals surface area contributed by atoms with Crippen LogP contribution in [0.1, 0.15) is 15.9 Å². The van der Waals surface area contributed by atoms with E-state index in [0.29, 0.717) is 10.6 Å². The highest BCUT2D eigenvalue weighted by atomic mass is 35.5. The predicted octanol–water partition coefficient (Wildman–Crippen LogP) is 4.24. The number of benzene rings is 2. The van der Waals surface area contributed by atoms with E-state index >= 15 is 0 Å². The summed E-state index contributed by atoms with van der Waals surface area (Å²) in [5, 5.41) is 9.17. The molecule has 0 unspecified atom stereocenters. The molecule has 0 atom stereocenters. The van der Waals surface area contributed by atoms with Crippen molar-refractivity contribution < 1.29 is 23.4 Å². The third-order valence-corrected chi connectivity index (χ3v) is 3.21. The van der Waals surface area contributed by atoms with Crippen molar-refractivity contribution in [1.29, 1.82) is 0 Å². The van der Waals surface area contributed by atoms with Crippen molar-refractivity contribution in [3.63, 3.8) is 0 Å². The average molecular weight is 349 g/mol. The first-order chi connectivity index (χ1) is 10.4. The second-order valence-electron chi connectivity index (χ2n) is 4.01. The highest BCUT2D eigenvalue weighted by Crippen LogP contribution is 2.17. The standard InChI is InChI=1S/C8H6ClFO2.C7H6ClFO/c1-12-8(11)6-4-5(10)2-3-7(6)9;8-7-2-1-6(9)3-5(7)4-10/h2-4H,1H3;1-3,10H,4H2. The third-order valence-electron chi connectivity index (χ3n) is 2.51. The van der Waals surface area contributed by atoms with Gasteiger partial charge in [0.15, 0.2) is 0 Å². The molecule has 0 bridgehead atoms. The number of rotatable bonds is 2. The first kappa shape index (κ1) is 18.4. The van der Waals surface area contributed by atoms with Crippen LogP contribution < -0.4 is 0 Å². The first-order valence-corrected chi connectivity index (χ1v) is 6.72. The highest BCUT2D eigenvalue weighted by Gasteiger charge is 2.10. The van der Waals surface area contributed by atoms with E-state index in [0.717, 1.165) is 6.07 Å². The molecular formula is C15H12Cl2F2O3. The van der Waals surface area contributed by atoms with Crippen molar-refractivity contribution in [3.8, 4) is 0 Å². The molecule has 7 heteroatoms. The van der Waals surface area contributed by atoms with Crippen molar-refractivity contribution in [2.24, 2.45) is 0 Å². The van der Waals surface area contributed by atoms with E-state index in [1.165, 1.54) is 37.4 Å². The Morgan fingerprint density at radius 3 is 2.14 bits per heavy atom. The van der Waals surface area contributed by atoms with Crippen LogP contribution in [0.4, 0.5) is 8.78 Å². The fraction of sp³-hybridized carbons (Fsp3) is 0.133. The zero-order valence-corrected chi connectivity index (χ0v) is 13.0. The molecule has 2 aromatic carbocycles. The van der Waals surface area contributed by atoms with Crippen LogP contribution in [0.15, 0.2) is 36.4 Å². The van der Waals surface area contributed by atoms with Gasteiger partial charge in [-0.25, -0.2) is 13.6 Å². The van der Waals surface area contributed by atoms with Gasteiger partial charge in [-0.15, -0.1) is 0 Å². The number of aliphatic hydroxyl groups excluding tert-OH is 1. The maximum Gasteiger partial charge on any atom is 0.339 e. The Labute approximate surface area is 136 Å². The largest absolute Gasteiger partial charge is 0.465 e. The van der Waals surface area contributed by atoms with Crippen LogP contribution in [0.2, 0.25) is 10.0 Å². The Bertz CT molecular complexity index is 663. The molecule has 118 valence electrons. The lowest BCUT2D eigenvalue weighted by atomic mass is 10.2. The zero-order valence-electron chi connectivity index (χ0n) is 11.4. The monoisotopic (exact) mass is 348 g/mol. The van der Waals surface area contributed by atoms with Crippen LogP contribution in [-0.4, -0.2) is 18.2 Å². The maximum absolute atomic E-state index is 12.6. The molecular weight excluding hydrogens is 337 g/mol. The quantitative estimate of drug-likeness (QED) is 0.825. The molecule has 0 aliphatic rings. The van der Waals surface area contributed by atoms with Crippen LogP contribution in [0.25, 0.3) is 0 Å². The molecule has 22 heavy (non-hydrogen) atoms. The summed E-state index contributed by atoms with van der Waals surface area (Å²) in [4.78, 5) is 10.9. The van der Waals surface area contributed by atoms with Gasteiger partial charge in [0, 0.05) is 5.02 Å². The van der Waals surface area contributed by atoms with Gasteiger partial charge in [-0.3, -0.25) is 0 Å². The molecule has 0 spiro atoms. The van der Waals surface area contributed by atoms with Crippen LogP contribution in [0.5, 0.6) is 0 Å². The van der Waals surface area contributed by atoms with E-state index in [2.05, 4.69) is 4.74 Å². The molecule has 0 fully saturated rings. The minimum absolute atomic E-state index is 0.0409. The van der Waals surface area contributed by atoms with Crippen molar-refractivity contribution in [2.45, 2.75) is 6.61 Å². The Kier molecular flexibility index (Phi) is 7.24. The number of carbonyl (C=O) groups is 1. The summed E-state index contributed by atoms with van der Waals surface area (Å²) in [6, 6.07) is 7.40. The van der Waals surface area contributed by atoms with Crippen molar-refractivity contribution in [3.05, 3.63) is 69.2 Å². The number of hydrogen-bond acceptors (Lipinski definition) is 3. The molecule has 0 saturated heterocycles. The normalized spacial score (nSPS) is 9.73. The molecule has 0 radical (unpaired) electrons. The zero-order chi connectivity index (χ0) is 16.7. The van der Waals surface area contributed by atoms with Gasteiger partial charge in [-0.05, 0) is 42.0 Å². The first-order valence-electron chi connectivity index (χ1n) is 5.97. The number of halogens is 4. The maximum atomic E-state index is 12.6. The van der Waals surface area contributed by atoms with Gasteiger partial charge in [-0.2, -0.15) is 0 Å². The predicted molar refractivity (Wildman–Crippen MR) is 80.1 cm³/mol. The number of esters is 1. The number of methoxy groups -OCH3 is 1. The average Bonchev–Trinajstić information content (AvgIpc) is 2.52. The molecule has 0 heterocycles. The second-order valence-corrected chi connectivity index (χ2v) is 4.82. The van der Waals surface area contributed by atoms with Gasteiger partial charge in [0.25, 0.3) is 0 Å². The van der Waals surface area contributed by atoms with Gasteiger partial charge in [0.2, 0.25) is 0 Å². The lowest BCUT2D eigenvalue weighted by Gasteiger charge is -2.00. The van der Waals surface area contributed by atoms with Gasteiger partial charge in [-0.1, -0.05) is 23.2 Å². The van der Waals surface area contributed by atoms with E-state index in [-0.39, 0.29) is 23.0 Å². The molecule has 0 aliphatic carbocycles. The number of carbonyl (C=O) groups excluding carboxylic acids is 1. The summed E-state index contributed by atoms with van der Waals surface area (Å²) in [7, 11) is 1.21. The summed E-state index contributed by atoms with van der Waals surface area (Å²) in [6.45, 7) is -0.226. The summed E-state index contributed by atoms with van der Waals surface area (Å²) in [6.07, 6.45) is 0. The number of aliphatic hydroxyl groups is 1. The fourth-order valence-corrected chi connectivity index (χ4v) is 1.80. The van der Waals surface area contributed by atoms with E-state index in [1.807, 2.05) is 0 Å². The van der Waals surface area contributed by atoms with Crippen LogP contribution >= 0.6 is 23.2 Å². The molecule has 0 aliphatic heterocycles. The van der Waals surface area contributed by atoms with E-state index in [1.54, 1.807) is 0 Å². The Hall–Kier alpha value is -1.69. The molecule has 0 saturated carbocycles. The highest BCUT2D eigenvalue weighted by molar-refractivity contribution is 6.33. The van der Waals surface area contributed by atoms with Crippen LogP contribution in [0.3, 0.4) is 0 Å². The lowest BCUT2D eigenvalue weighted by Crippen LogP contribution is -2.02. The van der Waals surface area contributed by atoms with Crippen LogP contribution in [0, 0.1) is 11.6 Å². The molecule has 2 rings (SSSR count). The van der Waals surface area contributed by atoms with Gasteiger partial charge >= 0.3 is 5.97 Å². The fourth-order valence-electron chi connectivity index (χ4n) is 1.43. The van der Waals surface area contributed by atoms with Gasteiger partial charge < -0.3 is 9.84 Å². The van der Waals surface area contributed by atoms with E-state index in [4.69, 9.17) is 28.3 Å². The minimum atomic E-state index is -0.639. The van der Waals surface area contributed by atoms with Crippen molar-refractivity contribution >= 4 is 29.2 Å². The number of ether oxygens (including phenoxy) is 1. The molecule has 3 nitrogen and oxygen atoms in total. The summed E-state index contributed by atoms with van der Waals surface area (Å²) in [5.41, 5.74) is 0.459. The lowest BCUT2D eigenvalue weighted by molar-refractivity contribution is 0.0600. The van der Waals surface area contributed by atoms with E-state index in [9.17, 15) is 13.6 Å². The van der Waals surface area contributed by atoms with Gasteiger partial charge in [0.1, 0.15) is 11.6 Å². The molecule has 0 amide bonds. The Balaban J connectivity index is 0.000000224. The minimum Gasteiger partial charge on any atom is -0.465 e. The Morgan fingerprint density at radius 1 is 1.09 bits per heavy atom. The summed E-state index contributed by atoms with van der Waals surface area (Å²) >= 11 is 11.2. The van der Waals surface area contributed by atoms with Crippen LogP contribution in [-0.2, 0) is 11.3 Å². The molecule has 2 aromatic rings. The second kappa shape index (κ2) is 8.68. The topological polar surface area (TPSA) is 46.5 Å². The SMILES string of the molecule is COC(=O)c1cc(F)ccc1Cl.OCc1cc(F)ccc1Cl. The Morgan fingerprint density at radius 2 is 1.64 bits per heavy atom. The summed E-state index contributed by atoms with van der Waals surface area (Å²) in [5.74, 6) is -1.53. The van der Waals surface area contributed by atoms with E-state index < -0.39 is 11.8 Å². The van der Waals surface area contributed by atoms with Crippen molar-refractivity contribution in [2.75, 3.05) is 7.11 Å². The summed E-state index contributed by atoms with van der Waals surface area (Å²) < 4.78 is 29.3. The number of hydrogen-bond donors (Lipinski definition) is 1. The third kappa shape index (κ3) is 5.26. The molecule has 1 N–H and O–H groups in total. The molecule has 0 aromatic heterocycles. The smallest absolute Gasteiger partial charge is 0.339 e. The van der Waals surface area contributed by atoms with Crippen molar-refractivity contribution in [1.82, 2.24) is 0 Å².